The molecule has 3 aliphatic rings. The number of amidine groups is 1. The lowest BCUT2D eigenvalue weighted by atomic mass is 9.62. The molecule has 0 amide bonds. The lowest BCUT2D eigenvalue weighted by Gasteiger charge is -2.42. The zero-order chi connectivity index (χ0) is 31.2. The number of thiazole rings is 2. The number of aliphatic imine (C=N–C) groups is 1. The molecule has 2 atom stereocenters. The molecule has 8 nitrogen and oxygen atoms in total. The molecule has 0 spiro atoms. The summed E-state index contributed by atoms with van der Waals surface area (Å²) in [7, 11) is 2.68. The van der Waals surface area contributed by atoms with E-state index in [4.69, 9.17) is 31.1 Å². The number of nitrogens with zero attached hydrogens (tertiary/aromatic N) is 3. The van der Waals surface area contributed by atoms with Crippen molar-refractivity contribution < 1.29 is 27.8 Å². The second kappa shape index (κ2) is 12.1. The van der Waals surface area contributed by atoms with E-state index in [2.05, 4.69) is 16.4 Å². The van der Waals surface area contributed by atoms with Crippen molar-refractivity contribution in [3.8, 4) is 0 Å². The number of fused-ring (bicyclic) bond motifs is 1. The van der Waals surface area contributed by atoms with Crippen molar-refractivity contribution in [1.29, 1.82) is 0 Å². The van der Waals surface area contributed by atoms with E-state index in [0.29, 0.717) is 48.6 Å². The summed E-state index contributed by atoms with van der Waals surface area (Å²) in [6.45, 7) is 1.96. The molecule has 6 rings (SSSR count). The van der Waals surface area contributed by atoms with Gasteiger partial charge in [-0.2, -0.15) is 0 Å². The molecule has 0 saturated heterocycles. The number of ether oxygens (including phenoxy) is 2. The summed E-state index contributed by atoms with van der Waals surface area (Å²) < 4.78 is 38.9. The summed E-state index contributed by atoms with van der Waals surface area (Å²) in [5.74, 6) is -3.07. The van der Waals surface area contributed by atoms with Crippen LogP contribution in [0.1, 0.15) is 58.4 Å². The predicted octanol–water partition coefficient (Wildman–Crippen LogP) is 6.25. The highest BCUT2D eigenvalue weighted by molar-refractivity contribution is 7.12. The van der Waals surface area contributed by atoms with Gasteiger partial charge in [-0.05, 0) is 45.1 Å². The summed E-state index contributed by atoms with van der Waals surface area (Å²) >= 11 is 9.30. The second-order valence-corrected chi connectivity index (χ2v) is 13.4. The molecule has 1 saturated carbocycles. The molecule has 0 bridgehead atoms. The minimum absolute atomic E-state index is 0.147. The Hall–Kier alpha value is -3.48. The van der Waals surface area contributed by atoms with E-state index in [-0.39, 0.29) is 34.4 Å². The number of benzene rings is 1. The summed E-state index contributed by atoms with van der Waals surface area (Å²) in [5.41, 5.74) is 1.61. The zero-order valence-electron chi connectivity index (χ0n) is 24.2. The van der Waals surface area contributed by atoms with Gasteiger partial charge in [0.25, 0.3) is 0 Å². The molecule has 13 heteroatoms. The number of aromatic nitrogens is 2. The molecule has 44 heavy (non-hydrogen) atoms. The number of carbonyl (C=O) groups is 2. The Kier molecular flexibility index (Phi) is 8.42. The van der Waals surface area contributed by atoms with E-state index in [1.807, 2.05) is 13.0 Å². The van der Waals surface area contributed by atoms with Crippen LogP contribution in [-0.2, 0) is 37.3 Å². The Morgan fingerprint density at radius 3 is 2.68 bits per heavy atom. The highest BCUT2D eigenvalue weighted by Gasteiger charge is 2.50. The molecular weight excluding hydrogens is 630 g/mol. The average molecular weight is 659 g/mol. The third-order valence-electron chi connectivity index (χ3n) is 8.49. The van der Waals surface area contributed by atoms with Crippen LogP contribution >= 0.6 is 34.3 Å². The molecule has 3 heterocycles. The molecule has 1 aliphatic heterocycles. The Bertz CT molecular complexity index is 1710. The van der Waals surface area contributed by atoms with Crippen molar-refractivity contribution in [2.24, 2.45) is 16.8 Å². The van der Waals surface area contributed by atoms with Crippen molar-refractivity contribution in [2.45, 2.75) is 50.5 Å². The molecular formula is C31H29ClF2N4O4S2. The first-order valence-corrected chi connectivity index (χ1v) is 16.2. The zero-order valence-corrected chi connectivity index (χ0v) is 26.5. The Balaban J connectivity index is 1.40. The van der Waals surface area contributed by atoms with Crippen LogP contribution in [0, 0.1) is 23.5 Å². The van der Waals surface area contributed by atoms with Crippen LogP contribution in [0.3, 0.4) is 0 Å². The SMILES string of the molecule is C/C=C\C1(c2nc3c(s2)CC(C2=C(C(=O)OC)C(c4ccc(F)c(F)c4Cl)N=C(c4nccs4)N2)CC3)CC(C(=O)OC)C1. The largest absolute Gasteiger partial charge is 0.469 e. The van der Waals surface area contributed by atoms with Gasteiger partial charge in [0.2, 0.25) is 0 Å². The van der Waals surface area contributed by atoms with Crippen LogP contribution < -0.4 is 5.32 Å². The summed E-state index contributed by atoms with van der Waals surface area (Å²) in [6.07, 6.45) is 8.98. The quantitative estimate of drug-likeness (QED) is 0.182. The number of carbonyl (C=O) groups excluding carboxylic acids is 2. The second-order valence-electron chi connectivity index (χ2n) is 11.0. The number of hydrogen-bond donors (Lipinski definition) is 1. The van der Waals surface area contributed by atoms with Gasteiger partial charge in [-0.1, -0.05) is 29.8 Å². The van der Waals surface area contributed by atoms with Crippen LogP contribution in [0.15, 0.2) is 52.1 Å². The minimum Gasteiger partial charge on any atom is -0.469 e. The number of nitrogens with one attached hydrogen (secondary N) is 1. The molecule has 2 unspecified atom stereocenters. The van der Waals surface area contributed by atoms with Crippen molar-refractivity contribution in [3.05, 3.63) is 89.9 Å². The first-order chi connectivity index (χ1) is 21.2. The van der Waals surface area contributed by atoms with Crippen LogP contribution in [0.2, 0.25) is 5.02 Å². The van der Waals surface area contributed by atoms with Gasteiger partial charge in [0.05, 0.1) is 36.4 Å². The highest BCUT2D eigenvalue weighted by Crippen LogP contribution is 2.52. The lowest BCUT2D eigenvalue weighted by molar-refractivity contribution is -0.150. The van der Waals surface area contributed by atoms with Crippen molar-refractivity contribution in [2.75, 3.05) is 14.2 Å². The van der Waals surface area contributed by atoms with E-state index in [9.17, 15) is 18.4 Å². The van der Waals surface area contributed by atoms with Crippen molar-refractivity contribution in [3.63, 3.8) is 0 Å². The van der Waals surface area contributed by atoms with Crippen LogP contribution in [0.25, 0.3) is 0 Å². The maximum Gasteiger partial charge on any atom is 0.338 e. The number of rotatable bonds is 7. The molecule has 1 aromatic carbocycles. The van der Waals surface area contributed by atoms with E-state index in [1.165, 1.54) is 31.6 Å². The third-order valence-corrected chi connectivity index (χ3v) is 11.0. The third kappa shape index (κ3) is 5.26. The fourth-order valence-electron chi connectivity index (χ4n) is 6.34. The maximum absolute atomic E-state index is 14.7. The molecule has 1 N–H and O–H groups in total. The van der Waals surface area contributed by atoms with E-state index in [0.717, 1.165) is 21.6 Å². The van der Waals surface area contributed by atoms with Crippen LogP contribution in [-0.4, -0.2) is 42.0 Å². The van der Waals surface area contributed by atoms with Gasteiger partial charge < -0.3 is 14.8 Å². The highest BCUT2D eigenvalue weighted by atomic mass is 35.5. The first-order valence-electron chi connectivity index (χ1n) is 14.1. The predicted molar refractivity (Wildman–Crippen MR) is 164 cm³/mol. The standard InChI is InChI=1S/C31H29ClF2N4O4S2/c1-4-9-31(13-16(14-31)28(39)41-2)30-36-19-8-5-15(12-20(19)44-30)24-21(29(40)42-3)25(17-6-7-18(33)23(34)22(17)32)38-26(37-24)27-35-10-11-43-27/h4,6-7,9-11,15-16,25H,5,8,12-14H2,1-3H3,(H,37,38)/b9-4-. The molecule has 2 aromatic heterocycles. The van der Waals surface area contributed by atoms with Gasteiger partial charge in [0.1, 0.15) is 11.0 Å². The number of methoxy groups -OCH3 is 2. The fourth-order valence-corrected chi connectivity index (χ4v) is 8.56. The van der Waals surface area contributed by atoms with Crippen molar-refractivity contribution >= 4 is 52.0 Å². The number of halogens is 3. The molecule has 2 aliphatic carbocycles. The maximum atomic E-state index is 14.7. The van der Waals surface area contributed by atoms with Gasteiger partial charge in [-0.25, -0.2) is 23.5 Å². The number of hydrogen-bond acceptors (Lipinski definition) is 10. The smallest absolute Gasteiger partial charge is 0.338 e. The molecule has 3 aromatic rings. The molecule has 1 fully saturated rings. The van der Waals surface area contributed by atoms with E-state index in [1.54, 1.807) is 22.9 Å². The number of allylic oxidation sites excluding steroid dienone is 3. The monoisotopic (exact) mass is 658 g/mol. The Morgan fingerprint density at radius 1 is 1.20 bits per heavy atom. The van der Waals surface area contributed by atoms with E-state index < -0.39 is 28.7 Å². The summed E-state index contributed by atoms with van der Waals surface area (Å²) in [4.78, 5) is 40.8. The van der Waals surface area contributed by atoms with Gasteiger partial charge >= 0.3 is 11.9 Å². The molecule has 0 radical (unpaired) electrons. The Labute approximate surface area is 265 Å². The fraction of sp³-hybridized carbons (Fsp3) is 0.387. The summed E-state index contributed by atoms with van der Waals surface area (Å²) in [5, 5.41) is 6.26. The van der Waals surface area contributed by atoms with Crippen molar-refractivity contribution in [1.82, 2.24) is 15.3 Å². The van der Waals surface area contributed by atoms with Crippen LogP contribution in [0.5, 0.6) is 0 Å². The number of esters is 2. The van der Waals surface area contributed by atoms with Gasteiger partial charge in [-0.3, -0.25) is 9.79 Å². The van der Waals surface area contributed by atoms with Gasteiger partial charge in [0.15, 0.2) is 22.5 Å². The Morgan fingerprint density at radius 2 is 2.00 bits per heavy atom. The topological polar surface area (TPSA) is 103 Å². The lowest BCUT2D eigenvalue weighted by Crippen LogP contribution is -2.43. The minimum atomic E-state index is -1.21. The molecule has 230 valence electrons. The normalized spacial score (nSPS) is 24.8. The summed E-state index contributed by atoms with van der Waals surface area (Å²) in [6, 6.07) is 1.26. The average Bonchev–Trinajstić information content (AvgIpc) is 3.71. The van der Waals surface area contributed by atoms with E-state index >= 15 is 0 Å². The van der Waals surface area contributed by atoms with Gasteiger partial charge in [-0.15, -0.1) is 22.7 Å². The van der Waals surface area contributed by atoms with Gasteiger partial charge in [0, 0.05) is 39.0 Å². The first kappa shape index (κ1) is 30.5. The number of aryl methyl sites for hydroxylation is 1. The van der Waals surface area contributed by atoms with Crippen LogP contribution in [0.4, 0.5) is 8.78 Å².